The fourth-order valence-corrected chi connectivity index (χ4v) is 3.59. The van der Waals surface area contributed by atoms with E-state index in [-0.39, 0.29) is 17.1 Å². The fourth-order valence-electron chi connectivity index (χ4n) is 3.59. The van der Waals surface area contributed by atoms with Gasteiger partial charge in [-0.15, -0.1) is 0 Å². The number of carbonyl (C=O) groups excluding carboxylic acids is 4. The van der Waals surface area contributed by atoms with E-state index < -0.39 is 23.9 Å². The predicted octanol–water partition coefficient (Wildman–Crippen LogP) is 6.36. The molecule has 3 aromatic carbocycles. The molecule has 3 rings (SSSR count). The van der Waals surface area contributed by atoms with Crippen molar-refractivity contribution in [3.63, 3.8) is 0 Å². The van der Waals surface area contributed by atoms with Crippen LogP contribution in [0.5, 0.6) is 17.2 Å². The lowest BCUT2D eigenvalue weighted by atomic mass is 10.2. The first-order chi connectivity index (χ1) is 20.4. The van der Waals surface area contributed by atoms with E-state index in [1.807, 2.05) is 6.92 Å². The maximum absolute atomic E-state index is 12.5. The highest BCUT2D eigenvalue weighted by molar-refractivity contribution is 5.93. The van der Waals surface area contributed by atoms with Crippen LogP contribution in [0.3, 0.4) is 0 Å². The van der Waals surface area contributed by atoms with Crippen molar-refractivity contribution in [1.29, 1.82) is 0 Å². The van der Waals surface area contributed by atoms with Crippen molar-refractivity contribution in [3.05, 3.63) is 102 Å². The average molecular weight is 575 g/mol. The molecular weight excluding hydrogens is 540 g/mol. The normalized spacial score (nSPS) is 10.3. The van der Waals surface area contributed by atoms with Crippen molar-refractivity contribution >= 4 is 23.9 Å². The minimum Gasteiger partial charge on any atom is -0.494 e. The van der Waals surface area contributed by atoms with Crippen LogP contribution >= 0.6 is 0 Å². The van der Waals surface area contributed by atoms with Gasteiger partial charge in [0.2, 0.25) is 0 Å². The average Bonchev–Trinajstić information content (AvgIpc) is 3.01. The summed E-state index contributed by atoms with van der Waals surface area (Å²) in [7, 11) is 0. The predicted molar refractivity (Wildman–Crippen MR) is 155 cm³/mol. The van der Waals surface area contributed by atoms with Crippen molar-refractivity contribution in [3.8, 4) is 17.2 Å². The third-order valence-corrected chi connectivity index (χ3v) is 5.85. The van der Waals surface area contributed by atoms with Gasteiger partial charge in [0.05, 0.1) is 36.5 Å². The number of carbonyl (C=O) groups is 4. The molecule has 0 spiro atoms. The molecule has 0 unspecified atom stereocenters. The summed E-state index contributed by atoms with van der Waals surface area (Å²) in [5, 5.41) is 0. The van der Waals surface area contributed by atoms with Crippen molar-refractivity contribution in [2.45, 2.75) is 39.0 Å². The molecule has 220 valence electrons. The second-order valence-electron chi connectivity index (χ2n) is 9.12. The molecule has 9 nitrogen and oxygen atoms in total. The van der Waals surface area contributed by atoms with Gasteiger partial charge in [-0.25, -0.2) is 19.2 Å². The molecular formula is C33H34O9. The Kier molecular flexibility index (Phi) is 12.8. The summed E-state index contributed by atoms with van der Waals surface area (Å²) >= 11 is 0. The van der Waals surface area contributed by atoms with Gasteiger partial charge in [0.1, 0.15) is 17.2 Å². The molecule has 0 aromatic heterocycles. The summed E-state index contributed by atoms with van der Waals surface area (Å²) in [5.41, 5.74) is 0.978. The van der Waals surface area contributed by atoms with Gasteiger partial charge >= 0.3 is 23.9 Å². The Morgan fingerprint density at radius 3 is 1.50 bits per heavy atom. The van der Waals surface area contributed by atoms with E-state index in [0.29, 0.717) is 36.7 Å². The first-order valence-electron chi connectivity index (χ1n) is 13.7. The van der Waals surface area contributed by atoms with Crippen LogP contribution in [0, 0.1) is 0 Å². The largest absolute Gasteiger partial charge is 0.494 e. The van der Waals surface area contributed by atoms with Crippen LogP contribution in [-0.2, 0) is 14.3 Å². The molecule has 9 heteroatoms. The highest BCUT2D eigenvalue weighted by Gasteiger charge is 2.13. The lowest BCUT2D eigenvalue weighted by Gasteiger charge is -2.09. The molecule has 0 bridgehead atoms. The maximum atomic E-state index is 12.5. The van der Waals surface area contributed by atoms with E-state index in [0.717, 1.165) is 38.2 Å². The first kappa shape index (κ1) is 31.6. The van der Waals surface area contributed by atoms with Gasteiger partial charge in [-0.1, -0.05) is 13.5 Å². The third kappa shape index (κ3) is 10.6. The highest BCUT2D eigenvalue weighted by atomic mass is 16.5. The van der Waals surface area contributed by atoms with Gasteiger partial charge in [-0.3, -0.25) is 0 Å². The fraction of sp³-hybridized carbons (Fsp3) is 0.273. The highest BCUT2D eigenvalue weighted by Crippen LogP contribution is 2.19. The molecule has 0 radical (unpaired) electrons. The molecule has 0 saturated heterocycles. The Hall–Kier alpha value is -4.92. The molecule has 0 fully saturated rings. The van der Waals surface area contributed by atoms with Gasteiger partial charge in [0.25, 0.3) is 0 Å². The van der Waals surface area contributed by atoms with Crippen LogP contribution in [0.2, 0.25) is 0 Å². The number of benzene rings is 3. The number of esters is 4. The Morgan fingerprint density at radius 1 is 0.571 bits per heavy atom. The molecule has 0 aliphatic rings. The van der Waals surface area contributed by atoms with Gasteiger partial charge in [-0.2, -0.15) is 0 Å². The molecule has 42 heavy (non-hydrogen) atoms. The Morgan fingerprint density at radius 2 is 1.02 bits per heavy atom. The molecule has 0 heterocycles. The van der Waals surface area contributed by atoms with Gasteiger partial charge < -0.3 is 23.7 Å². The van der Waals surface area contributed by atoms with Crippen LogP contribution in [0.15, 0.2) is 85.5 Å². The van der Waals surface area contributed by atoms with E-state index in [2.05, 4.69) is 6.58 Å². The number of rotatable bonds is 16. The summed E-state index contributed by atoms with van der Waals surface area (Å²) in [6.45, 7) is 6.51. The number of hydrogen-bond donors (Lipinski definition) is 0. The van der Waals surface area contributed by atoms with Gasteiger partial charge in [-0.05, 0) is 105 Å². The second kappa shape index (κ2) is 17.0. The third-order valence-electron chi connectivity index (χ3n) is 5.85. The van der Waals surface area contributed by atoms with Crippen LogP contribution in [-0.4, -0.2) is 43.7 Å². The Balaban J connectivity index is 1.39. The maximum Gasteiger partial charge on any atom is 0.343 e. The van der Waals surface area contributed by atoms with E-state index in [1.54, 1.807) is 24.3 Å². The van der Waals surface area contributed by atoms with E-state index in [1.165, 1.54) is 48.5 Å². The lowest BCUT2D eigenvalue weighted by Crippen LogP contribution is -2.10. The smallest absolute Gasteiger partial charge is 0.343 e. The van der Waals surface area contributed by atoms with Crippen molar-refractivity contribution in [1.82, 2.24) is 0 Å². The van der Waals surface area contributed by atoms with Crippen LogP contribution in [0.25, 0.3) is 0 Å². The number of hydrogen-bond acceptors (Lipinski definition) is 9. The van der Waals surface area contributed by atoms with E-state index in [4.69, 9.17) is 23.7 Å². The van der Waals surface area contributed by atoms with E-state index >= 15 is 0 Å². The first-order valence-corrected chi connectivity index (χ1v) is 13.7. The monoisotopic (exact) mass is 574 g/mol. The van der Waals surface area contributed by atoms with Crippen LogP contribution in [0.4, 0.5) is 0 Å². The molecule has 0 N–H and O–H groups in total. The molecule has 0 amide bonds. The minimum absolute atomic E-state index is 0.263. The van der Waals surface area contributed by atoms with Crippen molar-refractivity contribution in [2.24, 2.45) is 0 Å². The lowest BCUT2D eigenvalue weighted by molar-refractivity contribution is -0.137. The number of unbranched alkanes of at least 4 members (excludes halogenated alkanes) is 3. The quantitative estimate of drug-likeness (QED) is 0.0834. The van der Waals surface area contributed by atoms with Crippen molar-refractivity contribution < 1.29 is 42.9 Å². The SMILES string of the molecule is C=CC(=O)OCCCCCCOc1ccc(C(=O)Oc2ccc(C(=O)Oc3ccc(C(=O)OCCC)cc3)cc2)cc1. The standard InChI is InChI=1S/C33H34O9/c1-3-21-40-31(35)24-11-17-28(18-12-24)41-33(37)26-13-19-29(20-14-26)42-32(36)25-9-15-27(16-10-25)38-22-7-5-6-8-23-39-30(34)4-2/h4,9-20H,2-3,5-8,21-23H2,1H3. The molecule has 0 saturated carbocycles. The zero-order valence-corrected chi connectivity index (χ0v) is 23.5. The van der Waals surface area contributed by atoms with Crippen LogP contribution in [0.1, 0.15) is 70.1 Å². The summed E-state index contributed by atoms with van der Waals surface area (Å²) < 4.78 is 26.5. The van der Waals surface area contributed by atoms with Crippen molar-refractivity contribution in [2.75, 3.05) is 19.8 Å². The minimum atomic E-state index is -0.598. The van der Waals surface area contributed by atoms with Gasteiger partial charge in [0, 0.05) is 6.08 Å². The zero-order chi connectivity index (χ0) is 30.2. The Bertz CT molecular complexity index is 1330. The zero-order valence-electron chi connectivity index (χ0n) is 23.5. The van der Waals surface area contributed by atoms with E-state index in [9.17, 15) is 19.2 Å². The molecule has 0 atom stereocenters. The molecule has 0 aliphatic carbocycles. The topological polar surface area (TPSA) is 114 Å². The molecule has 0 aliphatic heterocycles. The summed E-state index contributed by atoms with van der Waals surface area (Å²) in [6, 6.07) is 18.7. The Labute approximate surface area is 245 Å². The van der Waals surface area contributed by atoms with Gasteiger partial charge in [0.15, 0.2) is 0 Å². The summed E-state index contributed by atoms with van der Waals surface area (Å²) in [6.07, 6.45) is 5.38. The summed E-state index contributed by atoms with van der Waals surface area (Å²) in [4.78, 5) is 47.9. The number of ether oxygens (including phenoxy) is 5. The summed E-state index contributed by atoms with van der Waals surface area (Å²) in [5.74, 6) is -0.806. The van der Waals surface area contributed by atoms with Crippen LogP contribution < -0.4 is 14.2 Å². The molecule has 3 aromatic rings. The second-order valence-corrected chi connectivity index (χ2v) is 9.12.